The first-order valence-electron chi connectivity index (χ1n) is 5.25. The van der Waals surface area contributed by atoms with Gasteiger partial charge in [0.1, 0.15) is 0 Å². The largest absolute Gasteiger partial charge is 0.311 e. The monoisotopic (exact) mass is 183 g/mol. The molecule has 0 amide bonds. The molecule has 0 spiro atoms. The SMILES string of the molecule is C=CCCC(C)NC(C)C(C)(C)C. The highest BCUT2D eigenvalue weighted by Gasteiger charge is 2.20. The molecule has 0 bridgehead atoms. The zero-order chi connectivity index (χ0) is 10.5. The predicted octanol–water partition coefficient (Wildman–Crippen LogP) is 3.37. The lowest BCUT2D eigenvalue weighted by Gasteiger charge is -2.31. The zero-order valence-electron chi connectivity index (χ0n) is 9.85. The van der Waals surface area contributed by atoms with Crippen LogP contribution >= 0.6 is 0 Å². The fourth-order valence-electron chi connectivity index (χ4n) is 1.13. The number of allylic oxidation sites excluding steroid dienone is 1. The van der Waals surface area contributed by atoms with Gasteiger partial charge in [-0.3, -0.25) is 0 Å². The Morgan fingerprint density at radius 3 is 2.23 bits per heavy atom. The molecule has 0 aromatic heterocycles. The lowest BCUT2D eigenvalue weighted by molar-refractivity contribution is 0.263. The molecular weight excluding hydrogens is 158 g/mol. The van der Waals surface area contributed by atoms with E-state index in [1.807, 2.05) is 6.08 Å². The summed E-state index contributed by atoms with van der Waals surface area (Å²) < 4.78 is 0. The van der Waals surface area contributed by atoms with Gasteiger partial charge in [-0.25, -0.2) is 0 Å². The van der Waals surface area contributed by atoms with Gasteiger partial charge < -0.3 is 5.32 Å². The average Bonchev–Trinajstić information content (AvgIpc) is 1.99. The zero-order valence-corrected chi connectivity index (χ0v) is 9.85. The maximum atomic E-state index is 3.73. The summed E-state index contributed by atoms with van der Waals surface area (Å²) in [4.78, 5) is 0. The highest BCUT2D eigenvalue weighted by atomic mass is 14.9. The first-order chi connectivity index (χ1) is 5.88. The van der Waals surface area contributed by atoms with E-state index in [4.69, 9.17) is 0 Å². The minimum absolute atomic E-state index is 0.350. The fourth-order valence-corrected chi connectivity index (χ4v) is 1.13. The van der Waals surface area contributed by atoms with Gasteiger partial charge in [0.25, 0.3) is 0 Å². The molecule has 0 radical (unpaired) electrons. The molecule has 78 valence electrons. The first kappa shape index (κ1) is 12.7. The van der Waals surface area contributed by atoms with Crippen LogP contribution in [0.5, 0.6) is 0 Å². The Kier molecular flexibility index (Phi) is 5.31. The van der Waals surface area contributed by atoms with Crippen molar-refractivity contribution in [1.29, 1.82) is 0 Å². The van der Waals surface area contributed by atoms with Crippen molar-refractivity contribution < 1.29 is 0 Å². The molecule has 0 fully saturated rings. The molecule has 0 rings (SSSR count). The van der Waals surface area contributed by atoms with Gasteiger partial charge in [0.05, 0.1) is 0 Å². The van der Waals surface area contributed by atoms with Crippen LogP contribution in [-0.2, 0) is 0 Å². The van der Waals surface area contributed by atoms with Crippen molar-refractivity contribution in [2.45, 2.75) is 59.5 Å². The van der Waals surface area contributed by atoms with Gasteiger partial charge in [-0.2, -0.15) is 0 Å². The van der Waals surface area contributed by atoms with Crippen molar-refractivity contribution in [1.82, 2.24) is 5.32 Å². The van der Waals surface area contributed by atoms with Crippen LogP contribution in [-0.4, -0.2) is 12.1 Å². The Bertz CT molecular complexity index is 144. The van der Waals surface area contributed by atoms with E-state index < -0.39 is 0 Å². The van der Waals surface area contributed by atoms with E-state index in [9.17, 15) is 0 Å². The molecule has 0 aromatic rings. The van der Waals surface area contributed by atoms with Crippen LogP contribution in [0, 0.1) is 5.41 Å². The molecule has 0 aromatic carbocycles. The van der Waals surface area contributed by atoms with E-state index in [2.05, 4.69) is 46.5 Å². The highest BCUT2D eigenvalue weighted by molar-refractivity contribution is 4.80. The lowest BCUT2D eigenvalue weighted by Crippen LogP contribution is -2.42. The summed E-state index contributed by atoms with van der Waals surface area (Å²) in [6.45, 7) is 15.0. The topological polar surface area (TPSA) is 12.0 Å². The Labute approximate surface area is 83.6 Å². The van der Waals surface area contributed by atoms with Gasteiger partial charge in [-0.05, 0) is 32.1 Å². The summed E-state index contributed by atoms with van der Waals surface area (Å²) in [5, 5.41) is 3.61. The summed E-state index contributed by atoms with van der Waals surface area (Å²) in [6.07, 6.45) is 4.27. The normalized spacial score (nSPS) is 16.7. The quantitative estimate of drug-likeness (QED) is 0.644. The summed E-state index contributed by atoms with van der Waals surface area (Å²) in [6, 6.07) is 1.15. The fraction of sp³-hybridized carbons (Fsp3) is 0.833. The van der Waals surface area contributed by atoms with Gasteiger partial charge in [0.15, 0.2) is 0 Å². The number of hydrogen-bond acceptors (Lipinski definition) is 1. The number of hydrogen-bond donors (Lipinski definition) is 1. The summed E-state index contributed by atoms with van der Waals surface area (Å²) in [7, 11) is 0. The third kappa shape index (κ3) is 5.87. The molecule has 1 heteroatoms. The summed E-state index contributed by atoms with van der Waals surface area (Å²) in [5.41, 5.74) is 0.350. The van der Waals surface area contributed by atoms with Crippen LogP contribution in [0.3, 0.4) is 0 Å². The molecule has 2 unspecified atom stereocenters. The Balaban J connectivity index is 3.77. The van der Waals surface area contributed by atoms with Crippen molar-refractivity contribution in [2.75, 3.05) is 0 Å². The molecule has 13 heavy (non-hydrogen) atoms. The molecule has 0 aliphatic rings. The smallest absolute Gasteiger partial charge is 0.00897 e. The summed E-state index contributed by atoms with van der Waals surface area (Å²) in [5.74, 6) is 0. The third-order valence-corrected chi connectivity index (χ3v) is 2.64. The van der Waals surface area contributed by atoms with Gasteiger partial charge >= 0.3 is 0 Å². The average molecular weight is 183 g/mol. The van der Waals surface area contributed by atoms with E-state index in [1.165, 1.54) is 6.42 Å². The van der Waals surface area contributed by atoms with Crippen LogP contribution in [0.2, 0.25) is 0 Å². The Hall–Kier alpha value is -0.300. The van der Waals surface area contributed by atoms with E-state index in [0.717, 1.165) is 6.42 Å². The van der Waals surface area contributed by atoms with E-state index in [1.54, 1.807) is 0 Å². The van der Waals surface area contributed by atoms with Crippen LogP contribution < -0.4 is 5.32 Å². The second-order valence-corrected chi connectivity index (χ2v) is 5.02. The maximum Gasteiger partial charge on any atom is 0.00897 e. The van der Waals surface area contributed by atoms with Gasteiger partial charge in [-0.1, -0.05) is 26.8 Å². The van der Waals surface area contributed by atoms with Crippen LogP contribution in [0.4, 0.5) is 0 Å². The number of rotatable bonds is 5. The molecule has 2 atom stereocenters. The molecule has 1 nitrogen and oxygen atoms in total. The van der Waals surface area contributed by atoms with Gasteiger partial charge in [0, 0.05) is 12.1 Å². The molecular formula is C12H25N. The van der Waals surface area contributed by atoms with Crippen molar-refractivity contribution in [2.24, 2.45) is 5.41 Å². The molecule has 0 aliphatic carbocycles. The highest BCUT2D eigenvalue weighted by Crippen LogP contribution is 2.19. The van der Waals surface area contributed by atoms with Crippen molar-refractivity contribution in [3.63, 3.8) is 0 Å². The second-order valence-electron chi connectivity index (χ2n) is 5.02. The molecule has 1 N–H and O–H groups in total. The van der Waals surface area contributed by atoms with E-state index >= 15 is 0 Å². The van der Waals surface area contributed by atoms with E-state index in [-0.39, 0.29) is 0 Å². The summed E-state index contributed by atoms with van der Waals surface area (Å²) >= 11 is 0. The Morgan fingerprint density at radius 1 is 1.31 bits per heavy atom. The molecule has 0 aliphatic heterocycles. The molecule has 0 heterocycles. The third-order valence-electron chi connectivity index (χ3n) is 2.64. The minimum atomic E-state index is 0.350. The predicted molar refractivity (Wildman–Crippen MR) is 60.9 cm³/mol. The molecule has 0 saturated heterocycles. The van der Waals surface area contributed by atoms with Gasteiger partial charge in [-0.15, -0.1) is 6.58 Å². The maximum absolute atomic E-state index is 3.73. The number of nitrogens with one attached hydrogen (secondary N) is 1. The first-order valence-corrected chi connectivity index (χ1v) is 5.25. The van der Waals surface area contributed by atoms with E-state index in [0.29, 0.717) is 17.5 Å². The van der Waals surface area contributed by atoms with Crippen molar-refractivity contribution >= 4 is 0 Å². The lowest BCUT2D eigenvalue weighted by atomic mass is 9.87. The Morgan fingerprint density at radius 2 is 1.85 bits per heavy atom. The van der Waals surface area contributed by atoms with Crippen LogP contribution in [0.15, 0.2) is 12.7 Å². The van der Waals surface area contributed by atoms with Crippen molar-refractivity contribution in [3.05, 3.63) is 12.7 Å². The van der Waals surface area contributed by atoms with Gasteiger partial charge in [0.2, 0.25) is 0 Å². The minimum Gasteiger partial charge on any atom is -0.311 e. The molecule has 0 saturated carbocycles. The van der Waals surface area contributed by atoms with Crippen LogP contribution in [0.1, 0.15) is 47.5 Å². The standard InChI is InChI=1S/C12H25N/c1-7-8-9-10(2)13-11(3)12(4,5)6/h7,10-11,13H,1,8-9H2,2-6H3. The van der Waals surface area contributed by atoms with Crippen LogP contribution in [0.25, 0.3) is 0 Å². The van der Waals surface area contributed by atoms with Crippen molar-refractivity contribution in [3.8, 4) is 0 Å². The second kappa shape index (κ2) is 5.43.